The smallest absolute Gasteiger partial charge is 0.253 e. The summed E-state index contributed by atoms with van der Waals surface area (Å²) < 4.78 is 5.16. The Morgan fingerprint density at radius 1 is 1.19 bits per heavy atom. The van der Waals surface area contributed by atoms with E-state index < -0.39 is 11.9 Å². The van der Waals surface area contributed by atoms with E-state index in [0.29, 0.717) is 28.6 Å². The number of hydrogen-bond acceptors (Lipinski definition) is 4. The summed E-state index contributed by atoms with van der Waals surface area (Å²) in [5.41, 5.74) is 0.858. The molecule has 1 atom stereocenters. The molecule has 0 aliphatic heterocycles. The summed E-state index contributed by atoms with van der Waals surface area (Å²) in [6.07, 6.45) is 2.42. The van der Waals surface area contributed by atoms with E-state index in [-0.39, 0.29) is 16.5 Å². The van der Waals surface area contributed by atoms with Crippen LogP contribution in [0, 0.1) is 0 Å². The van der Waals surface area contributed by atoms with Gasteiger partial charge in [-0.2, -0.15) is 11.8 Å². The zero-order valence-electron chi connectivity index (χ0n) is 14.9. The minimum atomic E-state index is -0.706. The highest BCUT2D eigenvalue weighted by atomic mass is 35.5. The van der Waals surface area contributed by atoms with E-state index in [0.717, 1.165) is 0 Å². The lowest BCUT2D eigenvalue weighted by molar-refractivity contribution is -0.118. The van der Waals surface area contributed by atoms with Crippen LogP contribution in [-0.2, 0) is 4.79 Å². The molecule has 0 saturated heterocycles. The molecule has 0 aliphatic carbocycles. The lowest BCUT2D eigenvalue weighted by Crippen LogP contribution is -2.44. The van der Waals surface area contributed by atoms with Crippen LogP contribution in [0.5, 0.6) is 5.75 Å². The molecule has 2 amide bonds. The molecule has 2 rings (SSSR count). The third-order valence-corrected chi connectivity index (χ3v) is 4.94. The Morgan fingerprint density at radius 2 is 1.96 bits per heavy atom. The maximum atomic E-state index is 12.7. The number of methoxy groups -OCH3 is 1. The Labute approximate surface area is 172 Å². The van der Waals surface area contributed by atoms with Crippen molar-refractivity contribution in [3.05, 3.63) is 58.1 Å². The fraction of sp³-hybridized carbons (Fsp3) is 0.263. The second-order valence-corrected chi connectivity index (χ2v) is 7.48. The molecule has 5 nitrogen and oxygen atoms in total. The van der Waals surface area contributed by atoms with E-state index in [2.05, 4.69) is 10.6 Å². The minimum absolute atomic E-state index is 0.233. The van der Waals surface area contributed by atoms with E-state index in [9.17, 15) is 9.59 Å². The normalized spacial score (nSPS) is 11.6. The average molecular weight is 427 g/mol. The summed E-state index contributed by atoms with van der Waals surface area (Å²) in [6.45, 7) is 0. The number of ether oxygens (including phenoxy) is 1. The van der Waals surface area contributed by atoms with Crippen molar-refractivity contribution >= 4 is 52.5 Å². The van der Waals surface area contributed by atoms with Crippen molar-refractivity contribution in [1.82, 2.24) is 5.32 Å². The molecule has 0 saturated carbocycles. The second-order valence-electron chi connectivity index (χ2n) is 5.65. The van der Waals surface area contributed by atoms with Crippen LogP contribution < -0.4 is 15.4 Å². The number of carbonyl (C=O) groups excluding carboxylic acids is 2. The van der Waals surface area contributed by atoms with Crippen LogP contribution in [-0.4, -0.2) is 37.0 Å². The first-order chi connectivity index (χ1) is 12.9. The van der Waals surface area contributed by atoms with Crippen LogP contribution in [0.1, 0.15) is 16.8 Å². The first kappa shape index (κ1) is 21.4. The number of rotatable bonds is 8. The van der Waals surface area contributed by atoms with Gasteiger partial charge in [0.15, 0.2) is 0 Å². The molecule has 8 heteroatoms. The third kappa shape index (κ3) is 6.34. The van der Waals surface area contributed by atoms with Gasteiger partial charge in [-0.05, 0) is 48.8 Å². The van der Waals surface area contributed by atoms with Gasteiger partial charge in [-0.3, -0.25) is 9.59 Å². The number of halogens is 2. The fourth-order valence-corrected chi connectivity index (χ4v) is 3.31. The molecular formula is C19H20Cl2N2O3S. The predicted octanol–water partition coefficient (Wildman–Crippen LogP) is 4.49. The summed E-state index contributed by atoms with van der Waals surface area (Å²) in [5.74, 6) is 0.606. The zero-order valence-corrected chi connectivity index (χ0v) is 17.3. The van der Waals surface area contributed by atoms with Crippen molar-refractivity contribution in [2.75, 3.05) is 24.4 Å². The van der Waals surface area contributed by atoms with Crippen molar-refractivity contribution in [3.63, 3.8) is 0 Å². The molecule has 27 heavy (non-hydrogen) atoms. The van der Waals surface area contributed by atoms with Crippen LogP contribution in [0.2, 0.25) is 10.0 Å². The summed E-state index contributed by atoms with van der Waals surface area (Å²) in [4.78, 5) is 25.3. The highest BCUT2D eigenvalue weighted by Crippen LogP contribution is 2.21. The predicted molar refractivity (Wildman–Crippen MR) is 112 cm³/mol. The van der Waals surface area contributed by atoms with E-state index in [4.69, 9.17) is 27.9 Å². The molecule has 2 N–H and O–H groups in total. The summed E-state index contributed by atoms with van der Waals surface area (Å²) in [7, 11) is 1.55. The summed E-state index contributed by atoms with van der Waals surface area (Å²) >= 11 is 13.6. The molecule has 1 unspecified atom stereocenters. The van der Waals surface area contributed by atoms with Crippen molar-refractivity contribution < 1.29 is 14.3 Å². The third-order valence-electron chi connectivity index (χ3n) is 3.75. The van der Waals surface area contributed by atoms with E-state index in [1.165, 1.54) is 12.1 Å². The Bertz CT molecular complexity index is 817. The van der Waals surface area contributed by atoms with Crippen LogP contribution in [0.3, 0.4) is 0 Å². The van der Waals surface area contributed by atoms with Gasteiger partial charge in [0.1, 0.15) is 11.8 Å². The maximum Gasteiger partial charge on any atom is 0.253 e. The molecule has 0 heterocycles. The Kier molecular flexibility index (Phi) is 8.28. The van der Waals surface area contributed by atoms with Crippen LogP contribution in [0.15, 0.2) is 42.5 Å². The van der Waals surface area contributed by atoms with Crippen LogP contribution >= 0.6 is 35.0 Å². The van der Waals surface area contributed by atoms with E-state index in [1.807, 2.05) is 6.26 Å². The molecule has 0 bridgehead atoms. The van der Waals surface area contributed by atoms with Gasteiger partial charge >= 0.3 is 0 Å². The standard InChI is InChI=1S/C19H20Cl2N2O3S/c1-26-14-5-3-4-13(11-14)22-19(25)17(8-9-27-2)23-18(24)15-7-6-12(20)10-16(15)21/h3-7,10-11,17H,8-9H2,1-2H3,(H,22,25)(H,23,24). The Balaban J connectivity index is 2.13. The summed E-state index contributed by atoms with van der Waals surface area (Å²) in [6, 6.07) is 10.9. The molecule has 2 aromatic carbocycles. The van der Waals surface area contributed by atoms with E-state index >= 15 is 0 Å². The molecule has 0 aliphatic rings. The first-order valence-electron chi connectivity index (χ1n) is 8.14. The van der Waals surface area contributed by atoms with Gasteiger partial charge in [-0.25, -0.2) is 0 Å². The molecule has 0 radical (unpaired) electrons. The molecule has 0 fully saturated rings. The molecular weight excluding hydrogens is 407 g/mol. The lowest BCUT2D eigenvalue weighted by atomic mass is 10.1. The van der Waals surface area contributed by atoms with Crippen molar-refractivity contribution in [3.8, 4) is 5.75 Å². The van der Waals surface area contributed by atoms with Gasteiger partial charge in [0.05, 0.1) is 17.7 Å². The number of thioether (sulfide) groups is 1. The number of hydrogen-bond donors (Lipinski definition) is 2. The zero-order chi connectivity index (χ0) is 19.8. The lowest BCUT2D eigenvalue weighted by Gasteiger charge is -2.19. The number of carbonyl (C=O) groups is 2. The molecule has 2 aromatic rings. The number of benzene rings is 2. The largest absolute Gasteiger partial charge is 0.497 e. The monoisotopic (exact) mass is 426 g/mol. The fourth-order valence-electron chi connectivity index (χ4n) is 2.34. The SMILES string of the molecule is COc1cccc(NC(=O)C(CCSC)NC(=O)c2ccc(Cl)cc2Cl)c1. The number of amides is 2. The average Bonchev–Trinajstić information content (AvgIpc) is 2.64. The Morgan fingerprint density at radius 3 is 2.63 bits per heavy atom. The Hall–Kier alpha value is -1.89. The van der Waals surface area contributed by atoms with Crippen molar-refractivity contribution in [2.24, 2.45) is 0 Å². The quantitative estimate of drug-likeness (QED) is 0.652. The van der Waals surface area contributed by atoms with E-state index in [1.54, 1.807) is 49.2 Å². The molecule has 0 aromatic heterocycles. The molecule has 0 spiro atoms. The molecule has 144 valence electrons. The van der Waals surface area contributed by atoms with Gasteiger partial charge in [0.2, 0.25) is 5.91 Å². The summed E-state index contributed by atoms with van der Waals surface area (Å²) in [5, 5.41) is 6.23. The highest BCUT2D eigenvalue weighted by Gasteiger charge is 2.22. The van der Waals surface area contributed by atoms with Gasteiger partial charge < -0.3 is 15.4 Å². The second kappa shape index (κ2) is 10.4. The van der Waals surface area contributed by atoms with Crippen molar-refractivity contribution in [1.29, 1.82) is 0 Å². The van der Waals surface area contributed by atoms with Gasteiger partial charge in [-0.1, -0.05) is 29.3 Å². The van der Waals surface area contributed by atoms with Crippen molar-refractivity contribution in [2.45, 2.75) is 12.5 Å². The van der Waals surface area contributed by atoms with Crippen LogP contribution in [0.25, 0.3) is 0 Å². The highest BCUT2D eigenvalue weighted by molar-refractivity contribution is 7.98. The first-order valence-corrected chi connectivity index (χ1v) is 10.3. The van der Waals surface area contributed by atoms with Crippen LogP contribution in [0.4, 0.5) is 5.69 Å². The van der Waals surface area contributed by atoms with Gasteiger partial charge in [0, 0.05) is 16.8 Å². The van der Waals surface area contributed by atoms with Gasteiger partial charge in [-0.15, -0.1) is 0 Å². The minimum Gasteiger partial charge on any atom is -0.497 e. The topological polar surface area (TPSA) is 67.4 Å². The number of nitrogens with one attached hydrogen (secondary N) is 2. The van der Waals surface area contributed by atoms with Gasteiger partial charge in [0.25, 0.3) is 5.91 Å². The maximum absolute atomic E-state index is 12.7. The number of anilines is 1.